The summed E-state index contributed by atoms with van der Waals surface area (Å²) in [4.78, 5) is 23.4. The molecule has 0 heterocycles. The van der Waals surface area contributed by atoms with Crippen molar-refractivity contribution >= 4 is 46.5 Å². The number of para-hydroxylation sites is 1. The number of benzene rings is 2. The molecule has 0 aliphatic carbocycles. The van der Waals surface area contributed by atoms with Crippen LogP contribution in [-0.2, 0) is 4.79 Å². The lowest BCUT2D eigenvalue weighted by atomic mass is 10.3. The second-order valence-electron chi connectivity index (χ2n) is 4.35. The minimum absolute atomic E-state index is 0.193. The minimum Gasteiger partial charge on any atom is -0.329 e. The van der Waals surface area contributed by atoms with Gasteiger partial charge in [-0.1, -0.05) is 41.4 Å². The molecule has 0 bridgehead atoms. The summed E-state index contributed by atoms with van der Waals surface area (Å²) in [7, 11) is 0. The Labute approximate surface area is 137 Å². The standard InChI is InChI=1S/C15H13Cl2N3O2/c16-10-6-7-12(17)13(8-10)20-14(21)9-18-15(22)19-11-4-2-1-3-5-11/h1-8H,9H2,(H,20,21)(H2,18,19,22). The lowest BCUT2D eigenvalue weighted by Gasteiger charge is -2.09. The zero-order valence-electron chi connectivity index (χ0n) is 11.4. The largest absolute Gasteiger partial charge is 0.329 e. The second kappa shape index (κ2) is 7.68. The van der Waals surface area contributed by atoms with Crippen LogP contribution in [0.1, 0.15) is 0 Å². The fourth-order valence-corrected chi connectivity index (χ4v) is 1.98. The molecule has 2 rings (SSSR count). The van der Waals surface area contributed by atoms with Crippen LogP contribution in [0, 0.1) is 0 Å². The Morgan fingerprint density at radius 2 is 1.68 bits per heavy atom. The molecule has 0 aromatic heterocycles. The van der Waals surface area contributed by atoms with Crippen LogP contribution < -0.4 is 16.0 Å². The molecule has 0 spiro atoms. The molecular weight excluding hydrogens is 325 g/mol. The van der Waals surface area contributed by atoms with E-state index in [1.807, 2.05) is 6.07 Å². The zero-order valence-corrected chi connectivity index (χ0v) is 12.9. The first-order valence-corrected chi connectivity index (χ1v) is 7.15. The molecule has 22 heavy (non-hydrogen) atoms. The van der Waals surface area contributed by atoms with Gasteiger partial charge in [0, 0.05) is 10.7 Å². The number of rotatable bonds is 4. The molecule has 0 atom stereocenters. The molecule has 0 fully saturated rings. The van der Waals surface area contributed by atoms with E-state index < -0.39 is 11.9 Å². The van der Waals surface area contributed by atoms with E-state index in [-0.39, 0.29) is 6.54 Å². The van der Waals surface area contributed by atoms with E-state index in [0.717, 1.165) is 0 Å². The van der Waals surface area contributed by atoms with E-state index in [4.69, 9.17) is 23.2 Å². The molecule has 0 saturated heterocycles. The molecule has 114 valence electrons. The molecule has 3 N–H and O–H groups in total. The predicted octanol–water partition coefficient (Wildman–Crippen LogP) is 3.75. The first kappa shape index (κ1) is 16.1. The second-order valence-corrected chi connectivity index (χ2v) is 5.19. The fourth-order valence-electron chi connectivity index (χ4n) is 1.65. The number of amides is 3. The molecule has 0 radical (unpaired) electrons. The van der Waals surface area contributed by atoms with E-state index in [0.29, 0.717) is 21.4 Å². The van der Waals surface area contributed by atoms with Crippen molar-refractivity contribution in [3.05, 3.63) is 58.6 Å². The van der Waals surface area contributed by atoms with Gasteiger partial charge in [0.1, 0.15) is 0 Å². The van der Waals surface area contributed by atoms with E-state index in [1.165, 1.54) is 6.07 Å². The first-order valence-electron chi connectivity index (χ1n) is 6.39. The van der Waals surface area contributed by atoms with Crippen molar-refractivity contribution in [1.82, 2.24) is 5.32 Å². The van der Waals surface area contributed by atoms with Gasteiger partial charge in [0.15, 0.2) is 0 Å². The third-order valence-electron chi connectivity index (χ3n) is 2.64. The average molecular weight is 338 g/mol. The van der Waals surface area contributed by atoms with Crippen molar-refractivity contribution < 1.29 is 9.59 Å². The molecule has 2 aromatic carbocycles. The van der Waals surface area contributed by atoms with Gasteiger partial charge >= 0.3 is 6.03 Å². The van der Waals surface area contributed by atoms with Gasteiger partial charge in [-0.3, -0.25) is 4.79 Å². The SMILES string of the molecule is O=C(CNC(=O)Nc1ccccc1)Nc1cc(Cl)ccc1Cl. The highest BCUT2D eigenvalue weighted by atomic mass is 35.5. The summed E-state index contributed by atoms with van der Waals surface area (Å²) in [5.41, 5.74) is 1.03. The average Bonchev–Trinajstić information content (AvgIpc) is 2.50. The van der Waals surface area contributed by atoms with Crippen LogP contribution in [0.4, 0.5) is 16.2 Å². The Morgan fingerprint density at radius 1 is 0.955 bits per heavy atom. The highest BCUT2D eigenvalue weighted by Crippen LogP contribution is 2.25. The fraction of sp³-hybridized carbons (Fsp3) is 0.0667. The summed E-state index contributed by atoms with van der Waals surface area (Å²) in [5, 5.41) is 8.44. The Balaban J connectivity index is 1.82. The van der Waals surface area contributed by atoms with Gasteiger partial charge in [0.05, 0.1) is 17.3 Å². The van der Waals surface area contributed by atoms with Gasteiger partial charge in [-0.25, -0.2) is 4.79 Å². The van der Waals surface area contributed by atoms with Crippen molar-refractivity contribution in [2.75, 3.05) is 17.2 Å². The van der Waals surface area contributed by atoms with Gasteiger partial charge in [-0.2, -0.15) is 0 Å². The third kappa shape index (κ3) is 4.95. The first-order chi connectivity index (χ1) is 10.5. The Bertz CT molecular complexity index is 678. The topological polar surface area (TPSA) is 70.2 Å². The van der Waals surface area contributed by atoms with Crippen LogP contribution in [0.15, 0.2) is 48.5 Å². The van der Waals surface area contributed by atoms with Crippen LogP contribution in [0.2, 0.25) is 10.0 Å². The van der Waals surface area contributed by atoms with Crippen LogP contribution in [0.5, 0.6) is 0 Å². The number of hydrogen-bond donors (Lipinski definition) is 3. The van der Waals surface area contributed by atoms with E-state index >= 15 is 0 Å². The summed E-state index contributed by atoms with van der Waals surface area (Å²) in [6.45, 7) is -0.193. The van der Waals surface area contributed by atoms with Gasteiger partial charge in [0.25, 0.3) is 0 Å². The molecule has 0 aliphatic heterocycles. The molecule has 3 amide bonds. The number of nitrogens with one attached hydrogen (secondary N) is 3. The Kier molecular flexibility index (Phi) is 5.63. The van der Waals surface area contributed by atoms with Gasteiger partial charge in [-0.15, -0.1) is 0 Å². The van der Waals surface area contributed by atoms with Crippen LogP contribution in [0.3, 0.4) is 0 Å². The zero-order chi connectivity index (χ0) is 15.9. The van der Waals surface area contributed by atoms with Crippen molar-refractivity contribution in [3.8, 4) is 0 Å². The monoisotopic (exact) mass is 337 g/mol. The molecule has 0 unspecified atom stereocenters. The van der Waals surface area contributed by atoms with Crippen molar-refractivity contribution in [1.29, 1.82) is 0 Å². The lowest BCUT2D eigenvalue weighted by Crippen LogP contribution is -2.35. The summed E-state index contributed by atoms with van der Waals surface area (Å²) in [6.07, 6.45) is 0. The number of halogens is 2. The van der Waals surface area contributed by atoms with Crippen LogP contribution in [-0.4, -0.2) is 18.5 Å². The maximum absolute atomic E-state index is 11.8. The Morgan fingerprint density at radius 3 is 2.41 bits per heavy atom. The van der Waals surface area contributed by atoms with Gasteiger partial charge < -0.3 is 16.0 Å². The highest BCUT2D eigenvalue weighted by molar-refractivity contribution is 6.35. The molecule has 7 heteroatoms. The molecule has 0 aliphatic rings. The molecule has 0 saturated carbocycles. The van der Waals surface area contributed by atoms with Gasteiger partial charge in [0.2, 0.25) is 5.91 Å². The summed E-state index contributed by atoms with van der Waals surface area (Å²) in [5.74, 6) is -0.410. The predicted molar refractivity (Wildman–Crippen MR) is 88.6 cm³/mol. The van der Waals surface area contributed by atoms with E-state index in [9.17, 15) is 9.59 Å². The molecular formula is C15H13Cl2N3O2. The smallest absolute Gasteiger partial charge is 0.319 e. The van der Waals surface area contributed by atoms with Crippen molar-refractivity contribution in [3.63, 3.8) is 0 Å². The van der Waals surface area contributed by atoms with E-state index in [2.05, 4.69) is 16.0 Å². The van der Waals surface area contributed by atoms with Crippen molar-refractivity contribution in [2.24, 2.45) is 0 Å². The quantitative estimate of drug-likeness (QED) is 0.794. The number of hydrogen-bond acceptors (Lipinski definition) is 2. The van der Waals surface area contributed by atoms with Gasteiger partial charge in [-0.05, 0) is 30.3 Å². The normalized spacial score (nSPS) is 9.91. The maximum Gasteiger partial charge on any atom is 0.319 e. The van der Waals surface area contributed by atoms with Crippen LogP contribution in [0.25, 0.3) is 0 Å². The summed E-state index contributed by atoms with van der Waals surface area (Å²) in [6, 6.07) is 13.2. The molecule has 5 nitrogen and oxygen atoms in total. The van der Waals surface area contributed by atoms with Crippen molar-refractivity contribution in [2.45, 2.75) is 0 Å². The summed E-state index contributed by atoms with van der Waals surface area (Å²) < 4.78 is 0. The number of carbonyl (C=O) groups is 2. The highest BCUT2D eigenvalue weighted by Gasteiger charge is 2.08. The summed E-state index contributed by atoms with van der Waals surface area (Å²) >= 11 is 11.8. The number of carbonyl (C=O) groups excluding carboxylic acids is 2. The lowest BCUT2D eigenvalue weighted by molar-refractivity contribution is -0.115. The van der Waals surface area contributed by atoms with E-state index in [1.54, 1.807) is 36.4 Å². The third-order valence-corrected chi connectivity index (χ3v) is 3.21. The number of anilines is 2. The molecule has 2 aromatic rings. The Hall–Kier alpha value is -2.24. The minimum atomic E-state index is -0.474. The maximum atomic E-state index is 11.8. The number of urea groups is 1. The van der Waals surface area contributed by atoms with Crippen LogP contribution >= 0.6 is 23.2 Å².